The summed E-state index contributed by atoms with van der Waals surface area (Å²) in [6.07, 6.45) is 7.47. The number of hydrogen-bond acceptors (Lipinski definition) is 6. The molecule has 146 valence electrons. The van der Waals surface area contributed by atoms with Crippen LogP contribution in [0, 0.1) is 18.8 Å². The second-order valence-electron chi connectivity index (χ2n) is 7.80. The number of carbonyl (C=O) groups excluding carboxylic acids is 1. The number of urea groups is 1. The predicted octanol–water partition coefficient (Wildman–Crippen LogP) is 3.10. The summed E-state index contributed by atoms with van der Waals surface area (Å²) in [5, 5.41) is 4.67. The van der Waals surface area contributed by atoms with Gasteiger partial charge in [-0.3, -0.25) is 5.32 Å². The smallest absolute Gasteiger partial charge is 0.323 e. The molecule has 0 aromatic carbocycles. The highest BCUT2D eigenvalue weighted by molar-refractivity contribution is 7.15. The molecule has 8 nitrogen and oxygen atoms in total. The van der Waals surface area contributed by atoms with Gasteiger partial charge in [-0.2, -0.15) is 0 Å². The Morgan fingerprint density at radius 1 is 1.29 bits per heavy atom. The molecule has 0 spiro atoms. The van der Waals surface area contributed by atoms with Crippen molar-refractivity contribution in [2.24, 2.45) is 11.8 Å². The fraction of sp³-hybridized carbons (Fsp3) is 0.474. The van der Waals surface area contributed by atoms with E-state index in [1.807, 2.05) is 24.1 Å². The highest BCUT2D eigenvalue weighted by Crippen LogP contribution is 2.41. The van der Waals surface area contributed by atoms with Gasteiger partial charge in [0.15, 0.2) is 5.13 Å². The Morgan fingerprint density at radius 3 is 2.79 bits per heavy atom. The minimum atomic E-state index is -0.0292. The van der Waals surface area contributed by atoms with Gasteiger partial charge in [-0.25, -0.2) is 19.7 Å². The number of amides is 2. The monoisotopic (exact) mass is 397 g/mol. The van der Waals surface area contributed by atoms with Crippen LogP contribution in [0.5, 0.6) is 0 Å². The van der Waals surface area contributed by atoms with Crippen molar-refractivity contribution >= 4 is 39.4 Å². The number of thiazole rings is 1. The van der Waals surface area contributed by atoms with Crippen LogP contribution in [0.4, 0.5) is 15.7 Å². The molecule has 1 aliphatic carbocycles. The third-order valence-corrected chi connectivity index (χ3v) is 6.89. The minimum Gasteiger partial charge on any atom is -0.356 e. The topological polar surface area (TPSA) is 90.0 Å². The van der Waals surface area contributed by atoms with Gasteiger partial charge < -0.3 is 14.8 Å². The molecule has 0 radical (unpaired) electrons. The summed E-state index contributed by atoms with van der Waals surface area (Å²) < 4.78 is 0. The van der Waals surface area contributed by atoms with Crippen molar-refractivity contribution in [3.05, 3.63) is 29.7 Å². The van der Waals surface area contributed by atoms with Gasteiger partial charge in [-0.15, -0.1) is 11.3 Å². The van der Waals surface area contributed by atoms with Gasteiger partial charge in [0.1, 0.15) is 17.8 Å². The number of aryl methyl sites for hydroxylation is 1. The number of hydrogen-bond donors (Lipinski definition) is 2. The summed E-state index contributed by atoms with van der Waals surface area (Å²) in [4.78, 5) is 34.1. The molecule has 1 saturated heterocycles. The average molecular weight is 398 g/mol. The van der Waals surface area contributed by atoms with Crippen LogP contribution in [0.25, 0.3) is 11.0 Å². The van der Waals surface area contributed by atoms with Gasteiger partial charge in [-0.05, 0) is 37.7 Å². The lowest BCUT2D eigenvalue weighted by atomic mass is 10.0. The van der Waals surface area contributed by atoms with E-state index in [-0.39, 0.29) is 6.03 Å². The van der Waals surface area contributed by atoms with Crippen LogP contribution in [0.3, 0.4) is 0 Å². The van der Waals surface area contributed by atoms with E-state index in [1.165, 1.54) is 11.3 Å². The number of fused-ring (bicyclic) bond motifs is 2. The molecule has 28 heavy (non-hydrogen) atoms. The van der Waals surface area contributed by atoms with E-state index in [4.69, 9.17) is 0 Å². The van der Waals surface area contributed by atoms with E-state index in [0.717, 1.165) is 47.7 Å². The van der Waals surface area contributed by atoms with Crippen LogP contribution < -0.4 is 10.2 Å². The Morgan fingerprint density at radius 2 is 2.07 bits per heavy atom. The lowest BCUT2D eigenvalue weighted by Crippen LogP contribution is -2.36. The van der Waals surface area contributed by atoms with Crippen molar-refractivity contribution in [2.45, 2.75) is 25.8 Å². The molecule has 5 rings (SSSR count). The van der Waals surface area contributed by atoms with Crippen molar-refractivity contribution < 1.29 is 4.79 Å². The highest BCUT2D eigenvalue weighted by Gasteiger charge is 2.44. The average Bonchev–Trinajstić information content (AvgIpc) is 3.43. The van der Waals surface area contributed by atoms with E-state index < -0.39 is 0 Å². The number of nitrogens with zero attached hydrogens (tertiary/aromatic N) is 5. The van der Waals surface area contributed by atoms with Gasteiger partial charge in [-0.1, -0.05) is 0 Å². The van der Waals surface area contributed by atoms with Crippen LogP contribution in [0.2, 0.25) is 0 Å². The summed E-state index contributed by atoms with van der Waals surface area (Å²) in [5.41, 5.74) is 0.871. The van der Waals surface area contributed by atoms with Crippen LogP contribution in [0.15, 0.2) is 24.8 Å². The standard InChI is InChI=1S/C19H23N7OS/c1-11-7-21-18(28-11)24-19(27)26-8-12-5-14(6-13(12)9-26)25(2)17-15-3-4-20-16(15)22-10-23-17/h3-4,7,10,12-14H,5-6,8-9H2,1-2H3,(H,20,22,23)(H,21,24,27)/t12-,13+,14-. The molecule has 1 aliphatic heterocycles. The van der Waals surface area contributed by atoms with Crippen LogP contribution in [-0.4, -0.2) is 57.0 Å². The quantitative estimate of drug-likeness (QED) is 0.709. The fourth-order valence-corrected chi connectivity index (χ4v) is 5.30. The second kappa shape index (κ2) is 6.73. The molecular weight excluding hydrogens is 374 g/mol. The van der Waals surface area contributed by atoms with Crippen LogP contribution in [-0.2, 0) is 0 Å². The molecule has 2 amide bonds. The molecule has 0 unspecified atom stereocenters. The van der Waals surface area contributed by atoms with Crippen molar-refractivity contribution in [1.29, 1.82) is 0 Å². The van der Waals surface area contributed by atoms with Crippen LogP contribution >= 0.6 is 11.3 Å². The SMILES string of the molecule is Cc1cnc(NC(=O)N2C[C@H]3C[C@@H](N(C)c4ncnc5[nH]ccc45)C[C@H]3C2)s1. The maximum absolute atomic E-state index is 12.6. The maximum atomic E-state index is 12.6. The summed E-state index contributed by atoms with van der Waals surface area (Å²) in [5.74, 6) is 2.06. The molecule has 2 fully saturated rings. The maximum Gasteiger partial charge on any atom is 0.323 e. The molecule has 3 aromatic heterocycles. The lowest BCUT2D eigenvalue weighted by molar-refractivity contribution is 0.218. The van der Waals surface area contributed by atoms with Crippen molar-refractivity contribution in [3.63, 3.8) is 0 Å². The second-order valence-corrected chi connectivity index (χ2v) is 9.04. The zero-order chi connectivity index (χ0) is 19.3. The molecule has 0 bridgehead atoms. The van der Waals surface area contributed by atoms with Gasteiger partial charge in [0.25, 0.3) is 0 Å². The highest BCUT2D eigenvalue weighted by atomic mass is 32.1. The first-order chi connectivity index (χ1) is 13.6. The molecule has 3 aromatic rings. The number of likely N-dealkylation sites (tertiary alicyclic amines) is 1. The predicted molar refractivity (Wildman–Crippen MR) is 110 cm³/mol. The van der Waals surface area contributed by atoms with E-state index in [1.54, 1.807) is 12.5 Å². The Labute approximate surface area is 167 Å². The van der Waals surface area contributed by atoms with E-state index in [9.17, 15) is 4.79 Å². The van der Waals surface area contributed by atoms with Crippen molar-refractivity contribution in [3.8, 4) is 0 Å². The number of anilines is 2. The van der Waals surface area contributed by atoms with Gasteiger partial charge in [0, 0.05) is 43.4 Å². The molecule has 9 heteroatoms. The molecule has 4 heterocycles. The number of aromatic nitrogens is 4. The molecule has 1 saturated carbocycles. The summed E-state index contributed by atoms with van der Waals surface area (Å²) in [7, 11) is 2.12. The third-order valence-electron chi connectivity index (χ3n) is 6.06. The summed E-state index contributed by atoms with van der Waals surface area (Å²) in [6, 6.07) is 2.44. The Balaban J connectivity index is 1.23. The zero-order valence-electron chi connectivity index (χ0n) is 15.9. The molecule has 3 atom stereocenters. The number of H-pyrrole nitrogens is 1. The fourth-order valence-electron chi connectivity index (χ4n) is 4.65. The van der Waals surface area contributed by atoms with Crippen molar-refractivity contribution in [1.82, 2.24) is 24.8 Å². The van der Waals surface area contributed by atoms with Gasteiger partial charge in [0.2, 0.25) is 0 Å². The number of nitrogens with one attached hydrogen (secondary N) is 2. The molecule has 2 aliphatic rings. The largest absolute Gasteiger partial charge is 0.356 e. The Bertz CT molecular complexity index is 1000. The Kier molecular flexibility index (Phi) is 4.19. The summed E-state index contributed by atoms with van der Waals surface area (Å²) in [6.45, 7) is 3.62. The molecule has 2 N–H and O–H groups in total. The van der Waals surface area contributed by atoms with Gasteiger partial charge in [0.05, 0.1) is 5.39 Å². The summed E-state index contributed by atoms with van der Waals surface area (Å²) >= 11 is 1.51. The lowest BCUT2D eigenvalue weighted by Gasteiger charge is -2.28. The first-order valence-corrected chi connectivity index (χ1v) is 10.4. The van der Waals surface area contributed by atoms with E-state index >= 15 is 0 Å². The zero-order valence-corrected chi connectivity index (χ0v) is 16.7. The third kappa shape index (κ3) is 2.99. The first-order valence-electron chi connectivity index (χ1n) is 9.58. The number of rotatable bonds is 3. The van der Waals surface area contributed by atoms with E-state index in [0.29, 0.717) is 23.0 Å². The van der Waals surface area contributed by atoms with Gasteiger partial charge >= 0.3 is 6.03 Å². The number of aromatic amines is 1. The van der Waals surface area contributed by atoms with E-state index in [2.05, 4.69) is 37.2 Å². The minimum absolute atomic E-state index is 0.0292. The normalized spacial score (nSPS) is 23.9. The first kappa shape index (κ1) is 17.4. The van der Waals surface area contributed by atoms with Crippen LogP contribution in [0.1, 0.15) is 17.7 Å². The van der Waals surface area contributed by atoms with Crippen molar-refractivity contribution in [2.75, 3.05) is 30.4 Å². The number of carbonyl (C=O) groups is 1. The molecular formula is C19H23N7OS. The Hall–Kier alpha value is -2.68.